The lowest BCUT2D eigenvalue weighted by atomic mass is 10.2. The van der Waals surface area contributed by atoms with Gasteiger partial charge in [0.1, 0.15) is 5.75 Å². The van der Waals surface area contributed by atoms with Crippen LogP contribution in [0.4, 0.5) is 28.7 Å². The van der Waals surface area contributed by atoms with Crippen molar-refractivity contribution in [1.82, 2.24) is 9.97 Å². The number of carbonyl (C=O) groups excluding carboxylic acids is 1. The molecule has 0 aliphatic heterocycles. The van der Waals surface area contributed by atoms with Gasteiger partial charge in [-0.3, -0.25) is 20.2 Å². The number of hydrogen-bond acceptors (Lipinski definition) is 8. The highest BCUT2D eigenvalue weighted by Crippen LogP contribution is 2.27. The molecule has 5 rings (SSSR count). The molecule has 11 heteroatoms. The number of amides is 1. The van der Waals surface area contributed by atoms with Gasteiger partial charge in [0.25, 0.3) is 5.91 Å². The Labute approximate surface area is 226 Å². The molecule has 0 fully saturated rings. The Bertz CT molecular complexity index is 1630. The zero-order chi connectivity index (χ0) is 27.2. The molecule has 39 heavy (non-hydrogen) atoms. The van der Waals surface area contributed by atoms with Gasteiger partial charge in [0.05, 0.1) is 28.7 Å². The molecule has 1 aromatic heterocycles. The minimum absolute atomic E-state index is 0.252. The molecule has 0 spiro atoms. The van der Waals surface area contributed by atoms with Gasteiger partial charge >= 0.3 is 0 Å². The maximum atomic E-state index is 13.0. The Balaban J connectivity index is 1.35. The Hall–Kier alpha value is -5.00. The molecule has 0 saturated carbocycles. The van der Waals surface area contributed by atoms with Crippen molar-refractivity contribution >= 4 is 56.6 Å². The third-order valence-corrected chi connectivity index (χ3v) is 6.79. The number of hydrogen-bond donors (Lipinski definition) is 5. The number of benzene rings is 4. The summed E-state index contributed by atoms with van der Waals surface area (Å²) in [5.41, 5.74) is 5.60. The van der Waals surface area contributed by atoms with Crippen LogP contribution in [0.15, 0.2) is 102 Å². The van der Waals surface area contributed by atoms with Crippen molar-refractivity contribution < 1.29 is 18.9 Å². The highest BCUT2D eigenvalue weighted by atomic mass is 32.2. The Morgan fingerprint density at radius 2 is 1.36 bits per heavy atom. The summed E-state index contributed by atoms with van der Waals surface area (Å²) in [6.07, 6.45) is 0. The van der Waals surface area contributed by atoms with Crippen LogP contribution in [0, 0.1) is 0 Å². The largest absolute Gasteiger partial charge is 0.497 e. The Morgan fingerprint density at radius 1 is 0.769 bits per heavy atom. The molecule has 0 aliphatic rings. The molecule has 1 heterocycles. The summed E-state index contributed by atoms with van der Waals surface area (Å²) >= 11 is 0. The number of fused-ring (bicyclic) bond motifs is 1. The monoisotopic (exact) mass is 540 g/mol. The van der Waals surface area contributed by atoms with Gasteiger partial charge in [0.2, 0.25) is 0 Å². The van der Waals surface area contributed by atoms with Crippen LogP contribution in [-0.2, 0) is 11.0 Å². The number of rotatable bonds is 9. The topological polar surface area (TPSA) is 138 Å². The van der Waals surface area contributed by atoms with Gasteiger partial charge in [-0.1, -0.05) is 12.1 Å². The van der Waals surface area contributed by atoms with Crippen LogP contribution < -0.4 is 25.6 Å². The fourth-order valence-corrected chi connectivity index (χ4v) is 4.50. The minimum atomic E-state index is -1.65. The van der Waals surface area contributed by atoms with Gasteiger partial charge < -0.3 is 15.4 Å². The zero-order valence-electron chi connectivity index (χ0n) is 20.7. The van der Waals surface area contributed by atoms with Gasteiger partial charge in [0.15, 0.2) is 22.6 Å². The highest BCUT2D eigenvalue weighted by Gasteiger charge is 2.14. The first kappa shape index (κ1) is 25.6. The summed E-state index contributed by atoms with van der Waals surface area (Å²) in [4.78, 5) is 22.5. The van der Waals surface area contributed by atoms with Crippen molar-refractivity contribution in [3.8, 4) is 5.75 Å². The van der Waals surface area contributed by atoms with E-state index in [-0.39, 0.29) is 11.7 Å². The lowest BCUT2D eigenvalue weighted by molar-refractivity contribution is 0.102. The average molecular weight is 541 g/mol. The van der Waals surface area contributed by atoms with Crippen LogP contribution >= 0.6 is 0 Å². The van der Waals surface area contributed by atoms with E-state index in [1.54, 1.807) is 79.9 Å². The lowest BCUT2D eigenvalue weighted by Crippen LogP contribution is -2.12. The number of anilines is 5. The van der Waals surface area contributed by atoms with Crippen LogP contribution in [0.2, 0.25) is 0 Å². The van der Waals surface area contributed by atoms with Gasteiger partial charge in [-0.15, -0.1) is 0 Å². The number of nitrogens with zero attached hydrogens (tertiary/aromatic N) is 2. The molecule has 1 unspecified atom stereocenters. The van der Waals surface area contributed by atoms with Crippen molar-refractivity contribution in [3.63, 3.8) is 0 Å². The average Bonchev–Trinajstić information content (AvgIpc) is 2.98. The SMILES string of the molecule is COc1ccc(NC(=O)c2ccc(Nc3nc4ccccc4nc3NS(=O)c3ccc(NO)cc3)cc2)cc1. The van der Waals surface area contributed by atoms with Crippen molar-refractivity contribution in [1.29, 1.82) is 0 Å². The number of aromatic nitrogens is 2. The summed E-state index contributed by atoms with van der Waals surface area (Å²) in [6.45, 7) is 0. The van der Waals surface area contributed by atoms with Gasteiger partial charge in [-0.2, -0.15) is 0 Å². The molecule has 0 saturated heterocycles. The molecular weight excluding hydrogens is 516 g/mol. The van der Waals surface area contributed by atoms with E-state index in [0.29, 0.717) is 50.1 Å². The number of methoxy groups -OCH3 is 1. The second-order valence-corrected chi connectivity index (χ2v) is 9.51. The third-order valence-electron chi connectivity index (χ3n) is 5.72. The number of ether oxygens (including phenoxy) is 1. The molecule has 1 atom stereocenters. The first-order valence-electron chi connectivity index (χ1n) is 11.8. The molecule has 5 N–H and O–H groups in total. The van der Waals surface area contributed by atoms with Crippen LogP contribution in [-0.4, -0.2) is 32.4 Å². The second-order valence-electron chi connectivity index (χ2n) is 8.30. The van der Waals surface area contributed by atoms with E-state index in [9.17, 15) is 9.00 Å². The number of carbonyl (C=O) groups is 1. The normalized spacial score (nSPS) is 11.4. The molecule has 196 valence electrons. The fourth-order valence-electron chi connectivity index (χ4n) is 3.68. The standard InChI is InChI=1S/C28H24N6O4S/c1-38-22-14-10-20(11-15-22)30-28(35)18-6-8-19(9-7-18)29-26-27(32-25-5-3-2-4-24(25)31-26)34-39(37)23-16-12-21(33-36)13-17-23/h2-17,33,36H,1H3,(H,29,31)(H,30,35)(H,32,34). The maximum absolute atomic E-state index is 13.0. The summed E-state index contributed by atoms with van der Waals surface area (Å²) in [5, 5.41) is 15.1. The van der Waals surface area contributed by atoms with Crippen molar-refractivity contribution in [2.75, 3.05) is 27.9 Å². The lowest BCUT2D eigenvalue weighted by Gasteiger charge is -2.14. The molecule has 0 aliphatic carbocycles. The van der Waals surface area contributed by atoms with Crippen LogP contribution in [0.5, 0.6) is 5.75 Å². The fraction of sp³-hybridized carbons (Fsp3) is 0.0357. The summed E-state index contributed by atoms with van der Waals surface area (Å²) in [5.74, 6) is 1.11. The van der Waals surface area contributed by atoms with Crippen LogP contribution in [0.3, 0.4) is 0 Å². The highest BCUT2D eigenvalue weighted by molar-refractivity contribution is 7.86. The van der Waals surface area contributed by atoms with Gasteiger partial charge in [0, 0.05) is 16.9 Å². The predicted molar refractivity (Wildman–Crippen MR) is 152 cm³/mol. The number of nitrogens with one attached hydrogen (secondary N) is 4. The van der Waals surface area contributed by atoms with E-state index in [0.717, 1.165) is 0 Å². The quantitative estimate of drug-likeness (QED) is 0.153. The molecule has 0 radical (unpaired) electrons. The molecular formula is C28H24N6O4S. The second kappa shape index (κ2) is 11.6. The van der Waals surface area contributed by atoms with Crippen molar-refractivity contribution in [2.45, 2.75) is 4.90 Å². The summed E-state index contributed by atoms with van der Waals surface area (Å²) in [6, 6.07) is 27.8. The summed E-state index contributed by atoms with van der Waals surface area (Å²) < 4.78 is 21.1. The zero-order valence-corrected chi connectivity index (χ0v) is 21.5. The first-order chi connectivity index (χ1) is 19.0. The predicted octanol–water partition coefficient (Wildman–Crippen LogP) is 5.57. The molecule has 5 aromatic rings. The van der Waals surface area contributed by atoms with E-state index in [4.69, 9.17) is 9.94 Å². The molecule has 1 amide bonds. The summed E-state index contributed by atoms with van der Waals surface area (Å²) in [7, 11) is -0.0663. The van der Waals surface area contributed by atoms with Gasteiger partial charge in [-0.25, -0.2) is 14.2 Å². The Morgan fingerprint density at radius 3 is 1.97 bits per heavy atom. The Kier molecular flexibility index (Phi) is 7.62. The van der Waals surface area contributed by atoms with E-state index in [1.165, 1.54) is 0 Å². The molecule has 4 aromatic carbocycles. The van der Waals surface area contributed by atoms with E-state index < -0.39 is 11.0 Å². The maximum Gasteiger partial charge on any atom is 0.255 e. The molecule has 10 nitrogen and oxygen atoms in total. The van der Waals surface area contributed by atoms with E-state index in [1.807, 2.05) is 29.7 Å². The van der Waals surface area contributed by atoms with Crippen LogP contribution in [0.25, 0.3) is 11.0 Å². The smallest absolute Gasteiger partial charge is 0.255 e. The first-order valence-corrected chi connectivity index (χ1v) is 13.0. The third kappa shape index (κ3) is 6.12. The minimum Gasteiger partial charge on any atom is -0.497 e. The van der Waals surface area contributed by atoms with Crippen molar-refractivity contribution in [2.24, 2.45) is 0 Å². The number of para-hydroxylation sites is 2. The molecule has 0 bridgehead atoms. The van der Waals surface area contributed by atoms with Crippen LogP contribution in [0.1, 0.15) is 10.4 Å². The van der Waals surface area contributed by atoms with Crippen molar-refractivity contribution in [3.05, 3.63) is 103 Å². The van der Waals surface area contributed by atoms with E-state index >= 15 is 0 Å². The van der Waals surface area contributed by atoms with Gasteiger partial charge in [-0.05, 0) is 84.9 Å². The van der Waals surface area contributed by atoms with E-state index in [2.05, 4.69) is 25.3 Å².